The lowest BCUT2D eigenvalue weighted by Crippen LogP contribution is -2.14. The molecule has 0 bridgehead atoms. The van der Waals surface area contributed by atoms with Gasteiger partial charge in [0.05, 0.1) is 4.47 Å². The minimum Gasteiger partial charge on any atom is -0.398 e. The Morgan fingerprint density at radius 2 is 2.13 bits per heavy atom. The third-order valence-corrected chi connectivity index (χ3v) is 3.51. The van der Waals surface area contributed by atoms with Crippen LogP contribution in [0.3, 0.4) is 0 Å². The van der Waals surface area contributed by atoms with Crippen molar-refractivity contribution in [3.05, 3.63) is 22.4 Å². The molecule has 0 unspecified atom stereocenters. The fourth-order valence-electron chi connectivity index (χ4n) is 1.01. The van der Waals surface area contributed by atoms with Gasteiger partial charge in [-0.05, 0) is 42.2 Å². The van der Waals surface area contributed by atoms with Gasteiger partial charge in [-0.15, -0.1) is 11.8 Å². The van der Waals surface area contributed by atoms with Crippen LogP contribution in [0.25, 0.3) is 0 Å². The Balaban J connectivity index is 2.65. The number of hydrogen-bond acceptors (Lipinski definition) is 3. The topological polar surface area (TPSA) is 29.3 Å². The van der Waals surface area contributed by atoms with Crippen LogP contribution in [0.1, 0.15) is 0 Å². The second-order valence-electron chi connectivity index (χ2n) is 3.46. The first kappa shape index (κ1) is 12.8. The van der Waals surface area contributed by atoms with Crippen molar-refractivity contribution in [2.75, 3.05) is 32.1 Å². The van der Waals surface area contributed by atoms with Gasteiger partial charge in [-0.1, -0.05) is 0 Å². The number of benzene rings is 1. The molecule has 0 aliphatic carbocycles. The zero-order valence-corrected chi connectivity index (χ0v) is 11.2. The highest BCUT2D eigenvalue weighted by Crippen LogP contribution is 2.30. The molecule has 15 heavy (non-hydrogen) atoms. The summed E-state index contributed by atoms with van der Waals surface area (Å²) in [4.78, 5) is 3.02. The van der Waals surface area contributed by atoms with Crippen LogP contribution in [0.5, 0.6) is 0 Å². The number of halogens is 2. The van der Waals surface area contributed by atoms with Gasteiger partial charge in [-0.25, -0.2) is 4.39 Å². The lowest BCUT2D eigenvalue weighted by atomic mass is 10.3. The Morgan fingerprint density at radius 1 is 1.47 bits per heavy atom. The first-order chi connectivity index (χ1) is 7.00. The number of rotatable bonds is 4. The minimum absolute atomic E-state index is 0.315. The molecule has 84 valence electrons. The number of nitrogens with two attached hydrogens (primary N) is 1. The van der Waals surface area contributed by atoms with Crippen LogP contribution in [0.4, 0.5) is 10.1 Å². The molecule has 2 nitrogen and oxygen atoms in total. The molecular weight excluding hydrogens is 279 g/mol. The summed E-state index contributed by atoms with van der Waals surface area (Å²) in [7, 11) is 4.04. The maximum atomic E-state index is 13.1. The van der Waals surface area contributed by atoms with Gasteiger partial charge in [0.25, 0.3) is 0 Å². The highest BCUT2D eigenvalue weighted by atomic mass is 79.9. The van der Waals surface area contributed by atoms with Crippen LogP contribution in [-0.4, -0.2) is 31.3 Å². The minimum atomic E-state index is -0.315. The Labute approximate surface area is 102 Å². The molecule has 0 aliphatic rings. The van der Waals surface area contributed by atoms with E-state index in [2.05, 4.69) is 20.8 Å². The van der Waals surface area contributed by atoms with Crippen molar-refractivity contribution in [2.45, 2.75) is 4.90 Å². The highest BCUT2D eigenvalue weighted by molar-refractivity contribution is 9.10. The molecule has 1 aromatic rings. The number of nitrogen functional groups attached to an aromatic ring is 1. The largest absolute Gasteiger partial charge is 0.398 e. The van der Waals surface area contributed by atoms with Gasteiger partial charge < -0.3 is 10.6 Å². The highest BCUT2D eigenvalue weighted by Gasteiger charge is 2.06. The molecule has 1 rings (SSSR count). The Hall–Kier alpha value is -0.260. The summed E-state index contributed by atoms with van der Waals surface area (Å²) < 4.78 is 13.5. The van der Waals surface area contributed by atoms with E-state index in [4.69, 9.17) is 5.73 Å². The van der Waals surface area contributed by atoms with Gasteiger partial charge >= 0.3 is 0 Å². The van der Waals surface area contributed by atoms with Gasteiger partial charge in [-0.3, -0.25) is 0 Å². The van der Waals surface area contributed by atoms with E-state index in [9.17, 15) is 4.39 Å². The molecular formula is C10H14BrFN2S. The smallest absolute Gasteiger partial charge is 0.139 e. The second-order valence-corrected chi connectivity index (χ2v) is 5.45. The third-order valence-electron chi connectivity index (χ3n) is 1.85. The fourth-order valence-corrected chi connectivity index (χ4v) is 2.61. The molecule has 0 aliphatic heterocycles. The predicted octanol–water partition coefficient (Wildman–Crippen LogP) is 2.82. The molecule has 0 heterocycles. The zero-order valence-electron chi connectivity index (χ0n) is 8.76. The summed E-state index contributed by atoms with van der Waals surface area (Å²) >= 11 is 4.78. The van der Waals surface area contributed by atoms with Crippen molar-refractivity contribution in [1.82, 2.24) is 4.90 Å². The first-order valence-corrected chi connectivity index (χ1v) is 6.30. The number of anilines is 1. The Morgan fingerprint density at radius 3 is 2.73 bits per heavy atom. The molecule has 0 saturated heterocycles. The lowest BCUT2D eigenvalue weighted by Gasteiger charge is -2.10. The van der Waals surface area contributed by atoms with E-state index < -0.39 is 0 Å². The molecule has 0 amide bonds. The van der Waals surface area contributed by atoms with Crippen LogP contribution >= 0.6 is 27.7 Å². The van der Waals surface area contributed by atoms with Crippen molar-refractivity contribution in [3.63, 3.8) is 0 Å². The van der Waals surface area contributed by atoms with Gasteiger partial charge in [0.15, 0.2) is 0 Å². The van der Waals surface area contributed by atoms with Gasteiger partial charge in [0, 0.05) is 22.9 Å². The second kappa shape index (κ2) is 5.72. The predicted molar refractivity (Wildman–Crippen MR) is 67.8 cm³/mol. The lowest BCUT2D eigenvalue weighted by molar-refractivity contribution is 0.437. The molecule has 0 saturated carbocycles. The molecule has 0 spiro atoms. The van der Waals surface area contributed by atoms with Crippen LogP contribution in [0, 0.1) is 5.82 Å². The maximum Gasteiger partial charge on any atom is 0.139 e. The normalized spacial score (nSPS) is 11.0. The van der Waals surface area contributed by atoms with E-state index in [0.29, 0.717) is 10.2 Å². The SMILES string of the molecule is CN(C)CCSc1cc(Br)c(F)cc1N. The zero-order chi connectivity index (χ0) is 11.4. The van der Waals surface area contributed by atoms with Crippen LogP contribution in [0.15, 0.2) is 21.5 Å². The quantitative estimate of drug-likeness (QED) is 0.684. The Bertz CT molecular complexity index is 344. The summed E-state index contributed by atoms with van der Waals surface area (Å²) in [6.07, 6.45) is 0. The van der Waals surface area contributed by atoms with Crippen LogP contribution in [0.2, 0.25) is 0 Å². The van der Waals surface area contributed by atoms with Crippen molar-refractivity contribution in [1.29, 1.82) is 0 Å². The summed E-state index contributed by atoms with van der Waals surface area (Å²) in [5, 5.41) is 0. The maximum absolute atomic E-state index is 13.1. The van der Waals surface area contributed by atoms with Crippen molar-refractivity contribution in [2.24, 2.45) is 0 Å². The van der Waals surface area contributed by atoms with E-state index in [1.807, 2.05) is 14.1 Å². The van der Waals surface area contributed by atoms with Crippen molar-refractivity contribution >= 4 is 33.4 Å². The number of thioether (sulfide) groups is 1. The van der Waals surface area contributed by atoms with Crippen molar-refractivity contribution < 1.29 is 4.39 Å². The van der Waals surface area contributed by atoms with E-state index in [-0.39, 0.29) is 5.82 Å². The van der Waals surface area contributed by atoms with Gasteiger partial charge in [-0.2, -0.15) is 0 Å². The fraction of sp³-hybridized carbons (Fsp3) is 0.400. The average molecular weight is 293 g/mol. The van der Waals surface area contributed by atoms with Gasteiger partial charge in [0.1, 0.15) is 5.82 Å². The Kier molecular flexibility index (Phi) is 4.89. The van der Waals surface area contributed by atoms with Gasteiger partial charge in [0.2, 0.25) is 0 Å². The van der Waals surface area contributed by atoms with Crippen molar-refractivity contribution in [3.8, 4) is 0 Å². The molecule has 0 atom stereocenters. The molecule has 0 fully saturated rings. The number of hydrogen-bond donors (Lipinski definition) is 1. The molecule has 0 aromatic heterocycles. The van der Waals surface area contributed by atoms with Crippen LogP contribution in [-0.2, 0) is 0 Å². The monoisotopic (exact) mass is 292 g/mol. The standard InChI is InChI=1S/C10H14BrFN2S/c1-14(2)3-4-15-10-5-7(11)8(12)6-9(10)13/h5-6H,3-4,13H2,1-2H3. The van der Waals surface area contributed by atoms with E-state index >= 15 is 0 Å². The summed E-state index contributed by atoms with van der Waals surface area (Å²) in [5.41, 5.74) is 6.21. The first-order valence-electron chi connectivity index (χ1n) is 4.52. The summed E-state index contributed by atoms with van der Waals surface area (Å²) in [6, 6.07) is 3.08. The summed E-state index contributed by atoms with van der Waals surface area (Å²) in [5.74, 6) is 0.624. The number of nitrogens with zero attached hydrogens (tertiary/aromatic N) is 1. The molecule has 0 radical (unpaired) electrons. The molecule has 1 aromatic carbocycles. The average Bonchev–Trinajstić information content (AvgIpc) is 2.13. The summed E-state index contributed by atoms with van der Waals surface area (Å²) in [6.45, 7) is 0.971. The third kappa shape index (κ3) is 4.01. The van der Waals surface area contributed by atoms with E-state index in [1.165, 1.54) is 6.07 Å². The van der Waals surface area contributed by atoms with E-state index in [0.717, 1.165) is 17.2 Å². The van der Waals surface area contributed by atoms with Crippen LogP contribution < -0.4 is 5.73 Å². The molecule has 5 heteroatoms. The van der Waals surface area contributed by atoms with E-state index in [1.54, 1.807) is 17.8 Å². The molecule has 2 N–H and O–H groups in total.